The second-order valence-corrected chi connectivity index (χ2v) is 10.8. The second-order valence-electron chi connectivity index (χ2n) is 9.88. The molecule has 1 fully saturated rings. The Morgan fingerprint density at radius 1 is 1.21 bits per heavy atom. The maximum atomic E-state index is 13.1. The number of ether oxygens (including phenoxy) is 2. The topological polar surface area (TPSA) is 120 Å². The zero-order valence-corrected chi connectivity index (χ0v) is 23.1. The molecule has 1 aromatic carbocycles. The Morgan fingerprint density at radius 2 is 1.95 bits per heavy atom. The fourth-order valence-electron chi connectivity index (χ4n) is 4.64. The van der Waals surface area contributed by atoms with Crippen LogP contribution in [-0.2, 0) is 20.8 Å². The van der Waals surface area contributed by atoms with Crippen molar-refractivity contribution >= 4 is 27.5 Å². The average molecular weight is 553 g/mol. The van der Waals surface area contributed by atoms with Crippen molar-refractivity contribution in [3.63, 3.8) is 0 Å². The van der Waals surface area contributed by atoms with Crippen LogP contribution in [0.5, 0.6) is 0 Å². The van der Waals surface area contributed by atoms with Crippen molar-refractivity contribution in [2.75, 3.05) is 46.1 Å². The van der Waals surface area contributed by atoms with Gasteiger partial charge in [-0.25, -0.2) is 4.98 Å². The summed E-state index contributed by atoms with van der Waals surface area (Å²) in [7, 11) is 0. The second kappa shape index (κ2) is 13.8. The van der Waals surface area contributed by atoms with Crippen molar-refractivity contribution in [3.8, 4) is 11.8 Å². The van der Waals surface area contributed by atoms with E-state index in [1.807, 2.05) is 40.6 Å². The Hall–Kier alpha value is -3.07. The number of likely N-dealkylation sites (tertiary alicyclic amines) is 1. The summed E-state index contributed by atoms with van der Waals surface area (Å²) in [6.07, 6.45) is 2.72. The van der Waals surface area contributed by atoms with Crippen LogP contribution in [0, 0.1) is 11.8 Å². The molecule has 1 saturated heterocycles. The number of benzene rings is 1. The molecule has 0 unspecified atom stereocenters. The molecule has 1 amide bonds. The number of nitrogens with two attached hydrogens (primary N) is 1. The lowest BCUT2D eigenvalue weighted by atomic mass is 9.90. The van der Waals surface area contributed by atoms with Crippen molar-refractivity contribution in [3.05, 3.63) is 63.5 Å². The first-order valence-corrected chi connectivity index (χ1v) is 14.1. The van der Waals surface area contributed by atoms with Crippen molar-refractivity contribution in [2.24, 2.45) is 5.73 Å². The first-order valence-electron chi connectivity index (χ1n) is 13.3. The number of aromatic nitrogens is 2. The molecule has 3 aromatic rings. The highest BCUT2D eigenvalue weighted by molar-refractivity contribution is 7.17. The van der Waals surface area contributed by atoms with Gasteiger partial charge in [-0.05, 0) is 24.3 Å². The molecule has 39 heavy (non-hydrogen) atoms. The van der Waals surface area contributed by atoms with Crippen LogP contribution in [0.2, 0.25) is 0 Å². The van der Waals surface area contributed by atoms with Crippen molar-refractivity contribution in [1.82, 2.24) is 14.5 Å². The van der Waals surface area contributed by atoms with Gasteiger partial charge in [0.15, 0.2) is 0 Å². The van der Waals surface area contributed by atoms with Gasteiger partial charge < -0.3 is 25.2 Å². The molecular formula is C29H36N4O5S. The van der Waals surface area contributed by atoms with Crippen LogP contribution in [0.25, 0.3) is 10.2 Å². The predicted octanol–water partition coefficient (Wildman–Crippen LogP) is 2.35. The zero-order valence-electron chi connectivity index (χ0n) is 22.3. The number of piperidine rings is 1. The van der Waals surface area contributed by atoms with Gasteiger partial charge in [-0.2, -0.15) is 0 Å². The van der Waals surface area contributed by atoms with E-state index in [0.29, 0.717) is 74.5 Å². The molecule has 1 aliphatic heterocycles. The predicted molar refractivity (Wildman–Crippen MR) is 152 cm³/mol. The minimum Gasteiger partial charge on any atom is -0.388 e. The molecule has 1 atom stereocenters. The van der Waals surface area contributed by atoms with Gasteiger partial charge in [-0.3, -0.25) is 14.2 Å². The summed E-state index contributed by atoms with van der Waals surface area (Å²) in [5.41, 5.74) is 6.46. The lowest BCUT2D eigenvalue weighted by molar-refractivity contribution is -0.136. The van der Waals surface area contributed by atoms with Crippen LogP contribution in [0.1, 0.15) is 43.2 Å². The van der Waals surface area contributed by atoms with Gasteiger partial charge in [-0.15, -0.1) is 11.3 Å². The quantitative estimate of drug-likeness (QED) is 0.277. The lowest BCUT2D eigenvalue weighted by Gasteiger charge is -2.38. The molecule has 2 aromatic heterocycles. The van der Waals surface area contributed by atoms with Crippen molar-refractivity contribution in [1.29, 1.82) is 0 Å². The maximum Gasteiger partial charge on any atom is 0.271 e. The number of carbonyl (C=O) groups excluding carboxylic acids is 1. The average Bonchev–Trinajstić information content (AvgIpc) is 3.36. The third-order valence-electron chi connectivity index (χ3n) is 6.94. The highest BCUT2D eigenvalue weighted by Gasteiger charge is 2.35. The fraction of sp³-hybridized carbons (Fsp3) is 0.483. The number of aliphatic hydroxyl groups is 1. The van der Waals surface area contributed by atoms with Gasteiger partial charge in [0.05, 0.1) is 43.9 Å². The van der Waals surface area contributed by atoms with E-state index in [0.717, 1.165) is 5.56 Å². The van der Waals surface area contributed by atoms with Gasteiger partial charge in [0, 0.05) is 31.4 Å². The number of fused-ring (bicyclic) bond motifs is 1. The smallest absolute Gasteiger partial charge is 0.271 e. The molecule has 1 aliphatic rings. The fourth-order valence-corrected chi connectivity index (χ4v) is 5.54. The van der Waals surface area contributed by atoms with Gasteiger partial charge in [0.2, 0.25) is 5.91 Å². The standard InChI is InChI=1S/C29H36N4O5S/c1-22(23-6-3-2-4-7-23)18-25(34)32-12-9-29(36,10-13-32)20-33-21-31-26-24(19-39-27(26)28(33)35)8-5-14-37-16-17-38-15-11-30/h2-4,6-7,19,21-22,36H,9-18,20,30H2,1H3/t22-/m1/s1. The van der Waals surface area contributed by atoms with Gasteiger partial charge in [-0.1, -0.05) is 49.1 Å². The summed E-state index contributed by atoms with van der Waals surface area (Å²) in [5.74, 6) is 6.18. The van der Waals surface area contributed by atoms with Crippen molar-refractivity contribution in [2.45, 2.75) is 44.2 Å². The molecule has 0 saturated carbocycles. The van der Waals surface area contributed by atoms with E-state index >= 15 is 0 Å². The summed E-state index contributed by atoms with van der Waals surface area (Å²) in [6, 6.07) is 10.0. The summed E-state index contributed by atoms with van der Waals surface area (Å²) in [6.45, 7) is 5.24. The van der Waals surface area contributed by atoms with Crippen LogP contribution in [0.3, 0.4) is 0 Å². The largest absolute Gasteiger partial charge is 0.388 e. The Labute approximate surface area is 232 Å². The SMILES string of the molecule is C[C@H](CC(=O)N1CCC(O)(Cn2cnc3c(C#CCOCCOCCN)csc3c2=O)CC1)c1ccccc1. The molecule has 3 N–H and O–H groups in total. The third-order valence-corrected chi connectivity index (χ3v) is 7.90. The summed E-state index contributed by atoms with van der Waals surface area (Å²) in [5, 5.41) is 13.1. The van der Waals surface area contributed by atoms with Crippen LogP contribution in [0.15, 0.2) is 46.8 Å². The van der Waals surface area contributed by atoms with Crippen LogP contribution in [-0.4, -0.2) is 77.1 Å². The first-order chi connectivity index (χ1) is 18.9. The molecule has 9 nitrogen and oxygen atoms in total. The minimum absolute atomic E-state index is 0.0891. The van der Waals surface area contributed by atoms with Gasteiger partial charge >= 0.3 is 0 Å². The monoisotopic (exact) mass is 552 g/mol. The van der Waals surface area contributed by atoms with E-state index in [1.54, 1.807) is 0 Å². The number of carbonyl (C=O) groups is 1. The van der Waals surface area contributed by atoms with Gasteiger partial charge in [0.1, 0.15) is 16.8 Å². The highest BCUT2D eigenvalue weighted by Crippen LogP contribution is 2.27. The number of rotatable bonds is 11. The van der Waals surface area contributed by atoms with E-state index in [4.69, 9.17) is 15.2 Å². The normalized spacial score (nSPS) is 15.6. The summed E-state index contributed by atoms with van der Waals surface area (Å²) < 4.78 is 12.6. The highest BCUT2D eigenvalue weighted by atomic mass is 32.1. The number of thiophene rings is 1. The molecule has 0 bridgehead atoms. The molecule has 208 valence electrons. The maximum absolute atomic E-state index is 13.1. The van der Waals surface area contributed by atoms with Crippen molar-refractivity contribution < 1.29 is 19.4 Å². The molecule has 3 heterocycles. The van der Waals surface area contributed by atoms with Crippen LogP contribution >= 0.6 is 11.3 Å². The number of nitrogens with zero attached hydrogens (tertiary/aromatic N) is 3. The van der Waals surface area contributed by atoms with E-state index in [1.165, 1.54) is 22.2 Å². The van der Waals surface area contributed by atoms with Crippen LogP contribution < -0.4 is 11.3 Å². The van der Waals surface area contributed by atoms with E-state index < -0.39 is 5.60 Å². The molecule has 10 heteroatoms. The van der Waals surface area contributed by atoms with E-state index in [-0.39, 0.29) is 30.5 Å². The summed E-state index contributed by atoms with van der Waals surface area (Å²) in [4.78, 5) is 32.3. The molecular weight excluding hydrogens is 516 g/mol. The number of amides is 1. The van der Waals surface area contributed by atoms with Crippen LogP contribution in [0.4, 0.5) is 0 Å². The molecule has 0 aliphatic carbocycles. The molecule has 0 radical (unpaired) electrons. The number of hydrogen-bond acceptors (Lipinski definition) is 8. The molecule has 0 spiro atoms. The van der Waals surface area contributed by atoms with E-state index in [2.05, 4.69) is 23.7 Å². The zero-order chi connectivity index (χ0) is 27.7. The Bertz CT molecular complexity index is 1350. The lowest BCUT2D eigenvalue weighted by Crippen LogP contribution is -2.49. The first kappa shape index (κ1) is 28.9. The Kier molecular flexibility index (Phi) is 10.3. The summed E-state index contributed by atoms with van der Waals surface area (Å²) >= 11 is 1.30. The molecule has 4 rings (SSSR count). The minimum atomic E-state index is -1.08. The number of hydrogen-bond donors (Lipinski definition) is 2. The third kappa shape index (κ3) is 7.75. The Balaban J connectivity index is 1.31. The van der Waals surface area contributed by atoms with E-state index in [9.17, 15) is 14.7 Å². The Morgan fingerprint density at radius 3 is 2.69 bits per heavy atom. The van der Waals surface area contributed by atoms with Gasteiger partial charge in [0.25, 0.3) is 5.56 Å².